The van der Waals surface area contributed by atoms with E-state index in [0.717, 1.165) is 90.2 Å². The molecular weight excluding hydrogens is 804 g/mol. The van der Waals surface area contributed by atoms with Crippen molar-refractivity contribution < 1.29 is 28.6 Å². The number of amides is 3. The minimum atomic E-state index is -0.618. The average Bonchev–Trinajstić information content (AvgIpc) is 3.75. The number of hydrogen-bond acceptors (Lipinski definition) is 12. The fourth-order valence-corrected chi connectivity index (χ4v) is 9.59. The molecule has 2 aliphatic heterocycles. The van der Waals surface area contributed by atoms with Crippen LogP contribution in [-0.4, -0.2) is 87.4 Å². The monoisotopic (exact) mass is 858 g/mol. The van der Waals surface area contributed by atoms with Crippen LogP contribution < -0.4 is 20.7 Å². The van der Waals surface area contributed by atoms with Gasteiger partial charge in [0.2, 0.25) is 17.8 Å². The fraction of sp³-hybridized carbons (Fsp3) is 0.545. The number of benzene rings is 1. The topological polar surface area (TPSA) is 162 Å². The summed E-state index contributed by atoms with van der Waals surface area (Å²) in [6, 6.07) is 7.71. The number of halogens is 1. The SMILES string of the molecule is Cn1ncc(-c2nc(NC3CCC(CCCOCCOCCNCc4ccc(OCc5scc6c5CN([C@H]5CCC(=O)NC5=O)C6=O)cc4)CC3)ncc2Cl)c1CC1CC1. The van der Waals surface area contributed by atoms with Crippen LogP contribution in [0.25, 0.3) is 11.3 Å². The van der Waals surface area contributed by atoms with Crippen molar-refractivity contribution >= 4 is 46.6 Å². The molecule has 1 saturated heterocycles. The van der Waals surface area contributed by atoms with Crippen molar-refractivity contribution in [1.82, 2.24) is 35.3 Å². The Balaban J connectivity index is 0.641. The van der Waals surface area contributed by atoms with Gasteiger partial charge in [0.1, 0.15) is 18.4 Å². The first-order valence-corrected chi connectivity index (χ1v) is 22.7. The molecule has 3 amide bonds. The Hall–Kier alpha value is -4.41. The number of rotatable bonds is 21. The van der Waals surface area contributed by atoms with Crippen LogP contribution in [0.4, 0.5) is 5.95 Å². The third-order valence-electron chi connectivity index (χ3n) is 12.1. The molecule has 5 heterocycles. The van der Waals surface area contributed by atoms with Gasteiger partial charge >= 0.3 is 0 Å². The molecule has 1 atom stereocenters. The number of anilines is 1. The molecule has 60 heavy (non-hydrogen) atoms. The van der Waals surface area contributed by atoms with E-state index in [4.69, 9.17) is 30.8 Å². The Morgan fingerprint density at radius 3 is 2.50 bits per heavy atom. The van der Waals surface area contributed by atoms with Gasteiger partial charge in [0.25, 0.3) is 5.91 Å². The van der Waals surface area contributed by atoms with Crippen LogP contribution >= 0.6 is 22.9 Å². The van der Waals surface area contributed by atoms with Crippen molar-refractivity contribution in [3.05, 3.63) is 74.3 Å². The van der Waals surface area contributed by atoms with Gasteiger partial charge in [0.05, 0.1) is 48.5 Å². The Morgan fingerprint density at radius 2 is 1.72 bits per heavy atom. The van der Waals surface area contributed by atoms with E-state index in [1.165, 1.54) is 49.1 Å². The van der Waals surface area contributed by atoms with Gasteiger partial charge in [-0.2, -0.15) is 5.10 Å². The lowest BCUT2D eigenvalue weighted by molar-refractivity contribution is -0.136. The Kier molecular flexibility index (Phi) is 14.1. The van der Waals surface area contributed by atoms with Gasteiger partial charge in [-0.3, -0.25) is 24.4 Å². The number of imide groups is 1. The summed E-state index contributed by atoms with van der Waals surface area (Å²) in [5, 5.41) is 16.3. The lowest BCUT2D eigenvalue weighted by Gasteiger charge is -2.29. The summed E-state index contributed by atoms with van der Waals surface area (Å²) >= 11 is 8.08. The van der Waals surface area contributed by atoms with Crippen molar-refractivity contribution in [1.29, 1.82) is 0 Å². The molecule has 0 bridgehead atoms. The van der Waals surface area contributed by atoms with Crippen LogP contribution in [0.2, 0.25) is 5.02 Å². The van der Waals surface area contributed by atoms with Gasteiger partial charge in [-0.1, -0.05) is 23.7 Å². The second-order valence-corrected chi connectivity index (χ2v) is 17.8. The normalized spacial score (nSPS) is 20.4. The smallest absolute Gasteiger partial charge is 0.256 e. The van der Waals surface area contributed by atoms with Crippen LogP contribution in [0.15, 0.2) is 42.0 Å². The van der Waals surface area contributed by atoms with E-state index in [1.807, 2.05) is 47.6 Å². The summed E-state index contributed by atoms with van der Waals surface area (Å²) in [5.74, 6) is 2.00. The Morgan fingerprint density at radius 1 is 0.933 bits per heavy atom. The Labute approximate surface area is 360 Å². The number of nitrogens with zero attached hydrogens (tertiary/aromatic N) is 5. The second-order valence-electron chi connectivity index (χ2n) is 16.5. The van der Waals surface area contributed by atoms with E-state index < -0.39 is 11.9 Å². The van der Waals surface area contributed by atoms with Crippen molar-refractivity contribution in [2.75, 3.05) is 38.3 Å². The van der Waals surface area contributed by atoms with Crippen molar-refractivity contribution in [2.24, 2.45) is 18.9 Å². The predicted octanol–water partition coefficient (Wildman–Crippen LogP) is 6.46. The van der Waals surface area contributed by atoms with E-state index in [2.05, 4.69) is 26.0 Å². The molecule has 320 valence electrons. The molecular formula is C44H55ClN8O6S. The number of nitrogens with one attached hydrogen (secondary N) is 3. The standard InChI is InChI=1S/C44H55ClN8O6S/c1-52-38(21-29-4-5-29)33(23-48-52)41-36(45)24-47-44(51-41)49-31-10-6-28(7-11-31)3-2-17-57-19-20-58-18-16-46-22-30-8-12-32(13-9-30)59-26-39-34-25-53(43(56)35(34)27-60-39)37-14-15-40(54)50-42(37)55/h8-9,12-13,23-24,27-29,31,37,46H,2-7,10-11,14-22,25-26H2,1H3,(H,47,49,51)(H,50,54,55)/t28?,31?,37-/m0/s1. The molecule has 4 aliphatic rings. The molecule has 2 saturated carbocycles. The molecule has 0 unspecified atom stereocenters. The third kappa shape index (κ3) is 10.7. The van der Waals surface area contributed by atoms with E-state index in [1.54, 1.807) is 11.1 Å². The number of piperidine rings is 1. The minimum absolute atomic E-state index is 0.164. The average molecular weight is 859 g/mol. The van der Waals surface area contributed by atoms with Crippen LogP contribution in [0, 0.1) is 11.8 Å². The summed E-state index contributed by atoms with van der Waals surface area (Å²) in [6.45, 7) is 4.71. The molecule has 14 nitrogen and oxygen atoms in total. The van der Waals surface area contributed by atoms with Gasteiger partial charge < -0.3 is 29.7 Å². The number of fused-ring (bicyclic) bond motifs is 1. The highest BCUT2D eigenvalue weighted by molar-refractivity contribution is 7.10. The molecule has 2 aliphatic carbocycles. The minimum Gasteiger partial charge on any atom is -0.488 e. The zero-order valence-corrected chi connectivity index (χ0v) is 35.8. The van der Waals surface area contributed by atoms with Crippen molar-refractivity contribution in [2.45, 2.75) is 102 Å². The van der Waals surface area contributed by atoms with Gasteiger partial charge in [0, 0.05) is 72.8 Å². The number of ether oxygens (including phenoxy) is 3. The number of carbonyl (C=O) groups excluding carboxylic acids is 3. The number of aromatic nitrogens is 4. The van der Waals surface area contributed by atoms with Crippen molar-refractivity contribution in [3.63, 3.8) is 0 Å². The van der Waals surface area contributed by atoms with Crippen LogP contribution in [-0.2, 0) is 52.2 Å². The lowest BCUT2D eigenvalue weighted by atomic mass is 9.83. The maximum Gasteiger partial charge on any atom is 0.256 e. The fourth-order valence-electron chi connectivity index (χ4n) is 8.45. The third-order valence-corrected chi connectivity index (χ3v) is 13.4. The molecule has 16 heteroatoms. The quantitative estimate of drug-likeness (QED) is 0.0624. The van der Waals surface area contributed by atoms with Gasteiger partial charge in [-0.15, -0.1) is 11.3 Å². The number of aryl methyl sites for hydroxylation is 1. The van der Waals surface area contributed by atoms with Crippen LogP contribution in [0.5, 0.6) is 5.75 Å². The largest absolute Gasteiger partial charge is 0.488 e. The Bertz CT molecular complexity index is 2110. The highest BCUT2D eigenvalue weighted by Crippen LogP contribution is 2.38. The summed E-state index contributed by atoms with van der Waals surface area (Å²) in [5.41, 5.74) is 5.64. The van der Waals surface area contributed by atoms with Gasteiger partial charge in [-0.05, 0) is 93.7 Å². The molecule has 8 rings (SSSR count). The first-order chi connectivity index (χ1) is 29.3. The van der Waals surface area contributed by atoms with Gasteiger partial charge in [0.15, 0.2) is 0 Å². The first kappa shape index (κ1) is 42.3. The maximum absolute atomic E-state index is 13.0. The molecule has 3 N–H and O–H groups in total. The van der Waals surface area contributed by atoms with Crippen LogP contribution in [0.3, 0.4) is 0 Å². The second kappa shape index (κ2) is 20.0. The molecule has 3 aromatic heterocycles. The molecule has 3 fully saturated rings. The number of hydrogen-bond donors (Lipinski definition) is 3. The molecule has 4 aromatic rings. The van der Waals surface area contributed by atoms with E-state index >= 15 is 0 Å². The van der Waals surface area contributed by atoms with E-state index in [0.29, 0.717) is 62.0 Å². The van der Waals surface area contributed by atoms with Crippen molar-refractivity contribution in [3.8, 4) is 17.0 Å². The first-order valence-electron chi connectivity index (χ1n) is 21.4. The highest BCUT2D eigenvalue weighted by Gasteiger charge is 2.40. The zero-order valence-electron chi connectivity index (χ0n) is 34.3. The summed E-state index contributed by atoms with van der Waals surface area (Å²) in [7, 11) is 1.99. The molecule has 0 radical (unpaired) electrons. The summed E-state index contributed by atoms with van der Waals surface area (Å²) in [6.07, 6.45) is 14.6. The highest BCUT2D eigenvalue weighted by atomic mass is 35.5. The molecule has 1 aromatic carbocycles. The number of carbonyl (C=O) groups is 3. The van der Waals surface area contributed by atoms with Gasteiger partial charge in [-0.25, -0.2) is 9.97 Å². The van der Waals surface area contributed by atoms with Crippen LogP contribution in [0.1, 0.15) is 96.3 Å². The summed E-state index contributed by atoms with van der Waals surface area (Å²) < 4.78 is 19.7. The zero-order chi connectivity index (χ0) is 41.4. The van der Waals surface area contributed by atoms with E-state index in [9.17, 15) is 14.4 Å². The van der Waals surface area contributed by atoms with E-state index in [-0.39, 0.29) is 18.2 Å². The lowest BCUT2D eigenvalue weighted by Crippen LogP contribution is -2.52. The summed E-state index contributed by atoms with van der Waals surface area (Å²) in [4.78, 5) is 48.8. The molecule has 0 spiro atoms. The number of thiophene rings is 1. The predicted molar refractivity (Wildman–Crippen MR) is 229 cm³/mol. The maximum atomic E-state index is 13.0.